The molecule has 0 aliphatic rings. The lowest BCUT2D eigenvalue weighted by molar-refractivity contribution is -0.129. The minimum Gasteiger partial charge on any atom is -0.347 e. The smallest absolute Gasteiger partial charge is 0.272 e. The van der Waals surface area contributed by atoms with Gasteiger partial charge >= 0.3 is 0 Å². The number of halogens is 1. The summed E-state index contributed by atoms with van der Waals surface area (Å²) in [5.74, 6) is -0.490. The van der Waals surface area contributed by atoms with E-state index in [0.29, 0.717) is 0 Å². The van der Waals surface area contributed by atoms with Crippen LogP contribution in [0.1, 0.15) is 10.5 Å². The highest BCUT2D eigenvalue weighted by Gasteiger charge is 2.18. The molecule has 0 unspecified atom stereocenters. The van der Waals surface area contributed by atoms with Crippen molar-refractivity contribution in [2.75, 3.05) is 27.7 Å². The van der Waals surface area contributed by atoms with Crippen LogP contribution in [0, 0.1) is 0 Å². The van der Waals surface area contributed by atoms with E-state index in [1.165, 1.54) is 9.80 Å². The summed E-state index contributed by atoms with van der Waals surface area (Å²) in [5, 5.41) is 1.92. The molecule has 0 aliphatic carbocycles. The van der Waals surface area contributed by atoms with Crippen molar-refractivity contribution in [2.24, 2.45) is 0 Å². The van der Waals surface area contributed by atoms with E-state index in [1.54, 1.807) is 27.2 Å². The Labute approximate surface area is 128 Å². The van der Waals surface area contributed by atoms with Crippen molar-refractivity contribution < 1.29 is 9.59 Å². The van der Waals surface area contributed by atoms with E-state index in [4.69, 9.17) is 11.6 Å². The summed E-state index contributed by atoms with van der Waals surface area (Å²) in [6.45, 7) is -0.00202. The van der Waals surface area contributed by atoms with Gasteiger partial charge in [-0.25, -0.2) is 4.98 Å². The molecule has 110 valence electrons. The van der Waals surface area contributed by atoms with Crippen LogP contribution < -0.4 is 0 Å². The molecule has 0 N–H and O–H groups in total. The number of carbonyl (C=O) groups excluding carboxylic acids is 2. The summed E-state index contributed by atoms with van der Waals surface area (Å²) in [7, 11) is 4.85. The van der Waals surface area contributed by atoms with Gasteiger partial charge in [0.15, 0.2) is 0 Å². The van der Waals surface area contributed by atoms with Crippen molar-refractivity contribution in [1.29, 1.82) is 0 Å². The van der Waals surface area contributed by atoms with Gasteiger partial charge in [0.05, 0.1) is 6.54 Å². The van der Waals surface area contributed by atoms with Crippen LogP contribution in [0.3, 0.4) is 0 Å². The zero-order valence-corrected chi connectivity index (χ0v) is 12.9. The van der Waals surface area contributed by atoms with Gasteiger partial charge in [-0.3, -0.25) is 9.59 Å². The van der Waals surface area contributed by atoms with E-state index in [0.717, 1.165) is 10.8 Å². The van der Waals surface area contributed by atoms with Gasteiger partial charge in [-0.05, 0) is 11.5 Å². The number of likely N-dealkylation sites (N-methyl/N-ethyl adjacent to an activating group) is 2. The normalized spacial score (nSPS) is 10.5. The van der Waals surface area contributed by atoms with Crippen molar-refractivity contribution in [3.05, 3.63) is 41.2 Å². The Balaban J connectivity index is 2.29. The molecule has 0 bridgehead atoms. The first-order chi connectivity index (χ1) is 9.90. The highest BCUT2D eigenvalue weighted by molar-refractivity contribution is 6.34. The fourth-order valence-electron chi connectivity index (χ4n) is 1.88. The molecule has 0 atom stereocenters. The second kappa shape index (κ2) is 6.10. The second-order valence-corrected chi connectivity index (χ2v) is 5.33. The number of amides is 2. The van der Waals surface area contributed by atoms with Crippen LogP contribution in [0.2, 0.25) is 5.15 Å². The topological polar surface area (TPSA) is 53.5 Å². The highest BCUT2D eigenvalue weighted by Crippen LogP contribution is 2.22. The molecular weight excluding hydrogens is 290 g/mol. The van der Waals surface area contributed by atoms with Gasteiger partial charge in [0.1, 0.15) is 10.8 Å². The summed E-state index contributed by atoms with van der Waals surface area (Å²) in [4.78, 5) is 30.9. The van der Waals surface area contributed by atoms with Crippen molar-refractivity contribution in [1.82, 2.24) is 14.8 Å². The van der Waals surface area contributed by atoms with E-state index >= 15 is 0 Å². The fraction of sp³-hybridized carbons (Fsp3) is 0.267. The Morgan fingerprint density at radius 3 is 2.52 bits per heavy atom. The first-order valence-electron chi connectivity index (χ1n) is 6.41. The summed E-state index contributed by atoms with van der Waals surface area (Å²) in [6.07, 6.45) is 0. The number of nitrogens with zero attached hydrogens (tertiary/aromatic N) is 3. The first-order valence-corrected chi connectivity index (χ1v) is 6.79. The van der Waals surface area contributed by atoms with Gasteiger partial charge in [-0.15, -0.1) is 0 Å². The van der Waals surface area contributed by atoms with Gasteiger partial charge in [-0.2, -0.15) is 0 Å². The zero-order chi connectivity index (χ0) is 15.6. The molecule has 1 heterocycles. The van der Waals surface area contributed by atoms with Crippen molar-refractivity contribution in [2.45, 2.75) is 0 Å². The lowest BCUT2D eigenvalue weighted by Crippen LogP contribution is -2.38. The minimum atomic E-state index is -0.335. The number of pyridine rings is 1. The van der Waals surface area contributed by atoms with Gasteiger partial charge < -0.3 is 9.80 Å². The van der Waals surface area contributed by atoms with Crippen LogP contribution >= 0.6 is 11.6 Å². The molecule has 0 aliphatic heterocycles. The van der Waals surface area contributed by atoms with E-state index in [-0.39, 0.29) is 29.2 Å². The number of hydrogen-bond acceptors (Lipinski definition) is 3. The third-order valence-electron chi connectivity index (χ3n) is 3.13. The first kappa shape index (κ1) is 15.3. The van der Waals surface area contributed by atoms with Crippen LogP contribution in [-0.2, 0) is 4.79 Å². The quantitative estimate of drug-likeness (QED) is 0.816. The predicted octanol–water partition coefficient (Wildman–Crippen LogP) is 2.05. The largest absolute Gasteiger partial charge is 0.347 e. The number of hydrogen-bond donors (Lipinski definition) is 0. The van der Waals surface area contributed by atoms with E-state index in [2.05, 4.69) is 4.98 Å². The van der Waals surface area contributed by atoms with Crippen LogP contribution in [0.25, 0.3) is 10.8 Å². The minimum absolute atomic E-state index is 0.00202. The van der Waals surface area contributed by atoms with E-state index < -0.39 is 0 Å². The van der Waals surface area contributed by atoms with Gasteiger partial charge in [-0.1, -0.05) is 35.9 Å². The maximum absolute atomic E-state index is 12.3. The van der Waals surface area contributed by atoms with Crippen LogP contribution in [-0.4, -0.2) is 54.3 Å². The molecule has 1 aromatic carbocycles. The van der Waals surface area contributed by atoms with Crippen molar-refractivity contribution >= 4 is 34.2 Å². The third kappa shape index (κ3) is 3.31. The molecule has 6 heteroatoms. The molecule has 0 saturated heterocycles. The fourth-order valence-corrected chi connectivity index (χ4v) is 2.14. The molecule has 0 fully saturated rings. The van der Waals surface area contributed by atoms with Crippen molar-refractivity contribution in [3.63, 3.8) is 0 Å². The van der Waals surface area contributed by atoms with Crippen LogP contribution in [0.4, 0.5) is 0 Å². The van der Waals surface area contributed by atoms with Crippen LogP contribution in [0.15, 0.2) is 30.3 Å². The van der Waals surface area contributed by atoms with Crippen LogP contribution in [0.5, 0.6) is 0 Å². The van der Waals surface area contributed by atoms with Gasteiger partial charge in [0, 0.05) is 26.5 Å². The lowest BCUT2D eigenvalue weighted by Gasteiger charge is -2.19. The van der Waals surface area contributed by atoms with Gasteiger partial charge in [0.2, 0.25) is 5.91 Å². The highest BCUT2D eigenvalue weighted by atomic mass is 35.5. The average Bonchev–Trinajstić information content (AvgIpc) is 2.46. The summed E-state index contributed by atoms with van der Waals surface area (Å²) >= 11 is 6.11. The lowest BCUT2D eigenvalue weighted by atomic mass is 10.1. The molecule has 2 aromatic rings. The van der Waals surface area contributed by atoms with E-state index in [9.17, 15) is 9.59 Å². The number of aromatic nitrogens is 1. The molecule has 0 spiro atoms. The van der Waals surface area contributed by atoms with Gasteiger partial charge in [0.25, 0.3) is 5.91 Å². The number of benzene rings is 1. The number of rotatable bonds is 3. The Morgan fingerprint density at radius 2 is 1.86 bits per heavy atom. The summed E-state index contributed by atoms with van der Waals surface area (Å²) in [5.41, 5.74) is 0.229. The average molecular weight is 306 g/mol. The maximum atomic E-state index is 12.3. The molecular formula is C15H16ClN3O2. The Kier molecular flexibility index (Phi) is 4.43. The maximum Gasteiger partial charge on any atom is 0.272 e. The van der Waals surface area contributed by atoms with Crippen molar-refractivity contribution in [3.8, 4) is 0 Å². The molecule has 2 amide bonds. The van der Waals surface area contributed by atoms with E-state index in [1.807, 2.05) is 24.3 Å². The summed E-state index contributed by atoms with van der Waals surface area (Å²) < 4.78 is 0. The zero-order valence-electron chi connectivity index (χ0n) is 12.1. The second-order valence-electron chi connectivity index (χ2n) is 4.97. The third-order valence-corrected chi connectivity index (χ3v) is 3.42. The summed E-state index contributed by atoms with van der Waals surface area (Å²) in [6, 6.07) is 9.12. The number of fused-ring (bicyclic) bond motifs is 1. The monoisotopic (exact) mass is 305 g/mol. The Bertz CT molecular complexity index is 700. The Hall–Kier alpha value is -2.14. The molecule has 21 heavy (non-hydrogen) atoms. The SMILES string of the molecule is CN(C)C(=O)CN(C)C(=O)c1cc2ccccc2c(Cl)n1. The standard InChI is InChI=1S/C15H16ClN3O2/c1-18(2)13(20)9-19(3)15(21)12-8-10-6-4-5-7-11(10)14(16)17-12/h4-8H,9H2,1-3H3. The molecule has 1 aromatic heterocycles. The Morgan fingerprint density at radius 1 is 1.19 bits per heavy atom. The molecule has 2 rings (SSSR count). The predicted molar refractivity (Wildman–Crippen MR) is 82.4 cm³/mol. The molecule has 0 radical (unpaired) electrons. The number of carbonyl (C=O) groups is 2. The molecule has 0 saturated carbocycles. The molecule has 5 nitrogen and oxygen atoms in total.